The molecule has 0 nitrogen and oxygen atoms in total. The fourth-order valence-corrected chi connectivity index (χ4v) is 13.5. The van der Waals surface area contributed by atoms with Crippen molar-refractivity contribution in [2.45, 2.75) is 20.8 Å². The molecule has 0 spiro atoms. The maximum absolute atomic E-state index is 6.76. The van der Waals surface area contributed by atoms with E-state index < -0.39 is 5.45 Å². The van der Waals surface area contributed by atoms with Gasteiger partial charge in [-0.1, -0.05) is 0 Å². The van der Waals surface area contributed by atoms with Gasteiger partial charge in [-0.2, -0.15) is 0 Å². The van der Waals surface area contributed by atoms with Crippen molar-refractivity contribution in [1.29, 1.82) is 0 Å². The predicted molar refractivity (Wildman–Crippen MR) is 107 cm³/mol. The summed E-state index contributed by atoms with van der Waals surface area (Å²) in [6.45, 7) is 6.40. The Hall–Kier alpha value is -0.958. The summed E-state index contributed by atoms with van der Waals surface area (Å²) >= 11 is 0.122. The molecular formula is C21H22ClPPd. The van der Waals surface area contributed by atoms with Gasteiger partial charge in [0.25, 0.3) is 0 Å². The quantitative estimate of drug-likeness (QED) is 0.399. The van der Waals surface area contributed by atoms with Crippen molar-refractivity contribution in [3.8, 4) is 0 Å². The van der Waals surface area contributed by atoms with E-state index in [1.807, 2.05) is 0 Å². The second-order valence-corrected chi connectivity index (χ2v) is 15.8. The minimum atomic E-state index is -2.15. The monoisotopic (exact) mass is 446 g/mol. The fraction of sp³-hybridized carbons (Fsp3) is 0.143. The Balaban J connectivity index is 2.27. The van der Waals surface area contributed by atoms with Crippen LogP contribution in [0.1, 0.15) is 16.7 Å². The summed E-state index contributed by atoms with van der Waals surface area (Å²) in [5.74, 6) is 0. The molecule has 24 heavy (non-hydrogen) atoms. The first-order valence-corrected chi connectivity index (χ1v) is 14.1. The van der Waals surface area contributed by atoms with Gasteiger partial charge in [-0.3, -0.25) is 0 Å². The van der Waals surface area contributed by atoms with Crippen LogP contribution in [0.2, 0.25) is 0 Å². The van der Waals surface area contributed by atoms with Crippen molar-refractivity contribution in [2.75, 3.05) is 0 Å². The summed E-state index contributed by atoms with van der Waals surface area (Å²) in [4.78, 5) is 0. The molecule has 3 heteroatoms. The van der Waals surface area contributed by atoms with Gasteiger partial charge in [0.05, 0.1) is 0 Å². The van der Waals surface area contributed by atoms with Crippen molar-refractivity contribution in [1.82, 2.24) is 0 Å². The molecule has 0 aliphatic carbocycles. The van der Waals surface area contributed by atoms with E-state index in [-0.39, 0.29) is 16.5 Å². The van der Waals surface area contributed by atoms with Crippen molar-refractivity contribution >= 4 is 30.9 Å². The molecule has 3 rings (SSSR count). The Morgan fingerprint density at radius 1 is 0.542 bits per heavy atom. The zero-order valence-corrected chi connectivity index (χ0v) is 17.4. The third-order valence-corrected chi connectivity index (χ3v) is 16.4. The first kappa shape index (κ1) is 17.9. The van der Waals surface area contributed by atoms with Gasteiger partial charge in [0.15, 0.2) is 0 Å². The molecule has 3 aromatic carbocycles. The normalized spacial score (nSPS) is 12.3. The van der Waals surface area contributed by atoms with Gasteiger partial charge >= 0.3 is 158 Å². The average molecular weight is 447 g/mol. The summed E-state index contributed by atoms with van der Waals surface area (Å²) in [5.41, 5.74) is 1.71. The summed E-state index contributed by atoms with van der Waals surface area (Å²) in [6.07, 6.45) is 0. The molecule has 3 aromatic rings. The van der Waals surface area contributed by atoms with E-state index in [0.717, 1.165) is 0 Å². The average Bonchev–Trinajstić information content (AvgIpc) is 2.60. The Kier molecular flexibility index (Phi) is 5.59. The van der Waals surface area contributed by atoms with Crippen LogP contribution in [0.15, 0.2) is 72.8 Å². The van der Waals surface area contributed by atoms with Crippen LogP contribution in [0.5, 0.6) is 0 Å². The van der Waals surface area contributed by atoms with E-state index in [9.17, 15) is 0 Å². The molecule has 0 unspecified atom stereocenters. The molecule has 0 aromatic heterocycles. The van der Waals surface area contributed by atoms with Crippen LogP contribution in [-0.2, 0) is 16.5 Å². The molecule has 0 radical (unpaired) electrons. The summed E-state index contributed by atoms with van der Waals surface area (Å²) in [5, 5.41) is 4.18. The van der Waals surface area contributed by atoms with Crippen molar-refractivity contribution in [2.24, 2.45) is 0 Å². The minimum absolute atomic E-state index is 0.122. The molecule has 0 heterocycles. The van der Waals surface area contributed by atoms with E-state index in [2.05, 4.69) is 93.6 Å². The fourth-order valence-electron chi connectivity index (χ4n) is 2.92. The Morgan fingerprint density at radius 2 is 0.792 bits per heavy atom. The number of aryl methyl sites for hydroxylation is 3. The first-order chi connectivity index (χ1) is 11.6. The maximum atomic E-state index is 6.76. The number of rotatable bonds is 4. The SMILES string of the molecule is Cc1ccc([PH]([Pd][Cl])(c2ccc(C)cc2)c2ccc(C)cc2)cc1. The first-order valence-electron chi connectivity index (χ1n) is 7.99. The molecule has 0 bridgehead atoms. The Morgan fingerprint density at radius 3 is 1.00 bits per heavy atom. The number of halogens is 1. The topological polar surface area (TPSA) is 0 Å². The second kappa shape index (κ2) is 7.51. The van der Waals surface area contributed by atoms with Gasteiger partial charge in [-0.05, 0) is 0 Å². The van der Waals surface area contributed by atoms with Crippen LogP contribution in [0, 0.1) is 20.8 Å². The molecule has 0 aliphatic rings. The Labute approximate surface area is 157 Å². The molecule has 0 saturated heterocycles. The molecule has 0 fully saturated rings. The van der Waals surface area contributed by atoms with Crippen LogP contribution < -0.4 is 15.9 Å². The van der Waals surface area contributed by atoms with Crippen LogP contribution in [0.4, 0.5) is 0 Å². The molecule has 0 amide bonds. The van der Waals surface area contributed by atoms with Crippen LogP contribution in [-0.4, -0.2) is 0 Å². The summed E-state index contributed by atoms with van der Waals surface area (Å²) < 4.78 is 0. The van der Waals surface area contributed by atoms with Crippen molar-refractivity contribution in [3.63, 3.8) is 0 Å². The van der Waals surface area contributed by atoms with Crippen LogP contribution >= 0.6 is 15.0 Å². The number of hydrogen-bond donors (Lipinski definition) is 0. The standard InChI is InChI=1S/C21H21P.ClH.Pd/c1-16-4-10-19(11-5-16)22(20-12-6-17(2)7-13-20)21-14-8-18(3)9-15-21;;/h4-15H,1-3H3;1H;. The third-order valence-electron chi connectivity index (χ3n) is 4.38. The van der Waals surface area contributed by atoms with Crippen molar-refractivity contribution in [3.05, 3.63) is 89.5 Å². The molecule has 0 N–H and O–H groups in total. The van der Waals surface area contributed by atoms with Gasteiger partial charge in [0.1, 0.15) is 0 Å². The molecule has 128 valence electrons. The van der Waals surface area contributed by atoms with Gasteiger partial charge in [0, 0.05) is 0 Å². The molecule has 0 aliphatic heterocycles. The summed E-state index contributed by atoms with van der Waals surface area (Å²) in [7, 11) is 6.76. The number of hydrogen-bond acceptors (Lipinski definition) is 0. The van der Waals surface area contributed by atoms with E-state index >= 15 is 0 Å². The summed E-state index contributed by atoms with van der Waals surface area (Å²) in [6, 6.07) is 26.9. The van der Waals surface area contributed by atoms with Gasteiger partial charge in [-0.25, -0.2) is 0 Å². The zero-order chi connectivity index (χ0) is 17.2. The van der Waals surface area contributed by atoms with E-state index in [1.54, 1.807) is 0 Å². The van der Waals surface area contributed by atoms with E-state index in [0.29, 0.717) is 0 Å². The third kappa shape index (κ3) is 3.38. The predicted octanol–water partition coefficient (Wildman–Crippen LogP) is 4.79. The van der Waals surface area contributed by atoms with Gasteiger partial charge in [-0.15, -0.1) is 0 Å². The van der Waals surface area contributed by atoms with Crippen LogP contribution in [0.25, 0.3) is 0 Å². The number of benzene rings is 3. The Bertz CT molecular complexity index is 697. The molecule has 0 saturated carbocycles. The van der Waals surface area contributed by atoms with Gasteiger partial charge in [0.2, 0.25) is 0 Å². The van der Waals surface area contributed by atoms with Crippen molar-refractivity contribution < 1.29 is 16.5 Å². The van der Waals surface area contributed by atoms with Crippen LogP contribution in [0.3, 0.4) is 0 Å². The van der Waals surface area contributed by atoms with E-state index in [1.165, 1.54) is 32.6 Å². The zero-order valence-electron chi connectivity index (χ0n) is 14.1. The van der Waals surface area contributed by atoms with E-state index in [4.69, 9.17) is 9.53 Å². The molecule has 0 atom stereocenters. The van der Waals surface area contributed by atoms with Gasteiger partial charge < -0.3 is 0 Å². The molecular weight excluding hydrogens is 425 g/mol. The second-order valence-electron chi connectivity index (χ2n) is 6.27.